The topological polar surface area (TPSA) is 74.4 Å². The molecule has 1 unspecified atom stereocenters. The van der Waals surface area contributed by atoms with Crippen LogP contribution < -0.4 is 10.1 Å². The van der Waals surface area contributed by atoms with Crippen molar-refractivity contribution < 1.29 is 14.3 Å². The monoisotopic (exact) mass is 383 g/mol. The van der Waals surface area contributed by atoms with Crippen LogP contribution in [0.1, 0.15) is 5.56 Å². The summed E-state index contributed by atoms with van der Waals surface area (Å²) >= 11 is 6.04. The van der Waals surface area contributed by atoms with E-state index in [1.165, 1.54) is 4.90 Å². The Bertz CT molecular complexity index is 1000. The fourth-order valence-corrected chi connectivity index (χ4v) is 3.45. The predicted molar refractivity (Wildman–Crippen MR) is 103 cm³/mol. The predicted octanol–water partition coefficient (Wildman–Crippen LogP) is 3.36. The van der Waals surface area contributed by atoms with Gasteiger partial charge < -0.3 is 15.0 Å². The van der Waals surface area contributed by atoms with Crippen molar-refractivity contribution in [2.24, 2.45) is 0 Å². The molecular weight excluding hydrogens is 366 g/mol. The number of carbonyl (C=O) groups excluding carboxylic acids is 2. The van der Waals surface area contributed by atoms with Gasteiger partial charge in [-0.15, -0.1) is 0 Å². The van der Waals surface area contributed by atoms with E-state index in [4.69, 9.17) is 16.3 Å². The first-order valence-electron chi connectivity index (χ1n) is 8.67. The summed E-state index contributed by atoms with van der Waals surface area (Å²) in [4.78, 5) is 29.2. The van der Waals surface area contributed by atoms with Crippen LogP contribution in [0, 0.1) is 0 Å². The number of nitrogens with one attached hydrogen (secondary N) is 2. The van der Waals surface area contributed by atoms with Gasteiger partial charge in [-0.1, -0.05) is 41.9 Å². The van der Waals surface area contributed by atoms with Crippen LogP contribution in [0.4, 0.5) is 4.79 Å². The number of ether oxygens (including phenoxy) is 1. The van der Waals surface area contributed by atoms with Crippen LogP contribution in [0.5, 0.6) is 5.75 Å². The summed E-state index contributed by atoms with van der Waals surface area (Å²) in [5.74, 6) is 0.287. The van der Waals surface area contributed by atoms with Gasteiger partial charge in [0, 0.05) is 23.5 Å². The van der Waals surface area contributed by atoms with Gasteiger partial charge in [-0.3, -0.25) is 9.69 Å². The highest BCUT2D eigenvalue weighted by atomic mass is 35.5. The number of hydrogen-bond donors (Lipinski definition) is 2. The molecule has 138 valence electrons. The third-order valence-electron chi connectivity index (χ3n) is 4.62. The number of para-hydroxylation sites is 2. The van der Waals surface area contributed by atoms with E-state index >= 15 is 0 Å². The van der Waals surface area contributed by atoms with E-state index in [0.717, 1.165) is 16.5 Å². The number of amides is 3. The van der Waals surface area contributed by atoms with Crippen LogP contribution in [0.2, 0.25) is 5.02 Å². The largest absolute Gasteiger partial charge is 0.490 e. The zero-order chi connectivity index (χ0) is 18.8. The van der Waals surface area contributed by atoms with Crippen molar-refractivity contribution in [2.45, 2.75) is 12.5 Å². The molecule has 3 amide bonds. The fourth-order valence-electron chi connectivity index (χ4n) is 3.26. The van der Waals surface area contributed by atoms with Crippen LogP contribution in [-0.4, -0.2) is 41.0 Å². The van der Waals surface area contributed by atoms with Crippen molar-refractivity contribution in [3.8, 4) is 5.75 Å². The van der Waals surface area contributed by atoms with Gasteiger partial charge in [0.15, 0.2) is 0 Å². The van der Waals surface area contributed by atoms with Gasteiger partial charge in [-0.2, -0.15) is 0 Å². The Labute approximate surface area is 161 Å². The summed E-state index contributed by atoms with van der Waals surface area (Å²) < 4.78 is 5.58. The van der Waals surface area contributed by atoms with Crippen LogP contribution in [0.25, 0.3) is 10.9 Å². The number of H-pyrrole nitrogens is 1. The third kappa shape index (κ3) is 3.48. The Hall–Kier alpha value is -2.99. The standard InChI is InChI=1S/C20H18ClN3O3/c21-15-6-2-4-8-18(15)27-10-9-24-19(25)17(23-20(24)26)11-13-12-22-16-7-3-1-5-14(13)16/h1-8,12,17,22H,9-11H2,(H,23,26). The maximum absolute atomic E-state index is 12.6. The summed E-state index contributed by atoms with van der Waals surface area (Å²) in [5, 5.41) is 4.31. The van der Waals surface area contributed by atoms with Crippen molar-refractivity contribution in [2.75, 3.05) is 13.2 Å². The maximum atomic E-state index is 12.6. The molecule has 1 saturated heterocycles. The zero-order valence-electron chi connectivity index (χ0n) is 14.4. The molecule has 0 saturated carbocycles. The molecule has 1 aliphatic rings. The van der Waals surface area contributed by atoms with Crippen LogP contribution in [0.15, 0.2) is 54.7 Å². The summed E-state index contributed by atoms with van der Waals surface area (Å²) in [7, 11) is 0. The van der Waals surface area contributed by atoms with Gasteiger partial charge in [0.05, 0.1) is 11.6 Å². The Morgan fingerprint density at radius 1 is 1.07 bits per heavy atom. The first-order chi connectivity index (χ1) is 13.1. The molecule has 1 fully saturated rings. The molecule has 0 bridgehead atoms. The first-order valence-corrected chi connectivity index (χ1v) is 9.05. The normalized spacial score (nSPS) is 16.8. The number of aromatic amines is 1. The highest BCUT2D eigenvalue weighted by Crippen LogP contribution is 2.23. The molecule has 4 rings (SSSR count). The molecule has 7 heteroatoms. The molecule has 1 atom stereocenters. The maximum Gasteiger partial charge on any atom is 0.324 e. The molecule has 6 nitrogen and oxygen atoms in total. The summed E-state index contributed by atoms with van der Waals surface area (Å²) in [6.45, 7) is 0.350. The number of fused-ring (bicyclic) bond motifs is 1. The van der Waals surface area contributed by atoms with E-state index in [-0.39, 0.29) is 19.1 Å². The Morgan fingerprint density at radius 3 is 2.70 bits per heavy atom. The lowest BCUT2D eigenvalue weighted by molar-refractivity contribution is -0.127. The molecule has 0 aliphatic carbocycles. The summed E-state index contributed by atoms with van der Waals surface area (Å²) in [5.41, 5.74) is 2.01. The molecule has 27 heavy (non-hydrogen) atoms. The van der Waals surface area contributed by atoms with Gasteiger partial charge in [0.2, 0.25) is 0 Å². The average molecular weight is 384 g/mol. The van der Waals surface area contributed by atoms with E-state index in [1.54, 1.807) is 12.1 Å². The summed E-state index contributed by atoms with van der Waals surface area (Å²) in [6, 6.07) is 14.0. The number of rotatable bonds is 6. The SMILES string of the molecule is O=C1NC(Cc2c[nH]c3ccccc23)C(=O)N1CCOc1ccccc1Cl. The van der Waals surface area contributed by atoms with Crippen molar-refractivity contribution in [1.82, 2.24) is 15.2 Å². The van der Waals surface area contributed by atoms with Gasteiger partial charge in [0.25, 0.3) is 5.91 Å². The van der Waals surface area contributed by atoms with Gasteiger partial charge in [0.1, 0.15) is 18.4 Å². The van der Waals surface area contributed by atoms with Gasteiger partial charge in [-0.25, -0.2) is 4.79 Å². The van der Waals surface area contributed by atoms with Crippen molar-refractivity contribution in [1.29, 1.82) is 0 Å². The average Bonchev–Trinajstić information content (AvgIpc) is 3.19. The quantitative estimate of drug-likeness (QED) is 0.641. The molecule has 2 heterocycles. The number of nitrogens with zero attached hydrogens (tertiary/aromatic N) is 1. The van der Waals surface area contributed by atoms with E-state index in [9.17, 15) is 9.59 Å². The van der Waals surface area contributed by atoms with Crippen LogP contribution >= 0.6 is 11.6 Å². The second kappa shape index (κ2) is 7.32. The fraction of sp³-hybridized carbons (Fsp3) is 0.200. The number of carbonyl (C=O) groups is 2. The highest BCUT2D eigenvalue weighted by molar-refractivity contribution is 6.32. The molecule has 1 aromatic heterocycles. The molecule has 0 radical (unpaired) electrons. The number of imide groups is 1. The third-order valence-corrected chi connectivity index (χ3v) is 4.93. The minimum absolute atomic E-state index is 0.167. The lowest BCUT2D eigenvalue weighted by atomic mass is 10.1. The second-order valence-corrected chi connectivity index (χ2v) is 6.74. The molecule has 3 aromatic rings. The van der Waals surface area contributed by atoms with Crippen molar-refractivity contribution in [3.05, 3.63) is 65.3 Å². The molecular formula is C20H18ClN3O3. The van der Waals surface area contributed by atoms with Crippen molar-refractivity contribution >= 4 is 34.4 Å². The smallest absolute Gasteiger partial charge is 0.324 e. The summed E-state index contributed by atoms with van der Waals surface area (Å²) in [6.07, 6.45) is 2.32. The van der Waals surface area contributed by atoms with Crippen LogP contribution in [0.3, 0.4) is 0 Å². The van der Waals surface area contributed by atoms with Gasteiger partial charge in [-0.05, 0) is 23.8 Å². The van der Waals surface area contributed by atoms with E-state index in [0.29, 0.717) is 17.2 Å². The molecule has 0 spiro atoms. The number of hydrogen-bond acceptors (Lipinski definition) is 3. The number of benzene rings is 2. The molecule has 1 aliphatic heterocycles. The Kier molecular flexibility index (Phi) is 4.73. The lowest BCUT2D eigenvalue weighted by Gasteiger charge is -2.14. The van der Waals surface area contributed by atoms with E-state index in [2.05, 4.69) is 10.3 Å². The van der Waals surface area contributed by atoms with E-state index in [1.807, 2.05) is 42.6 Å². The van der Waals surface area contributed by atoms with Crippen molar-refractivity contribution in [3.63, 3.8) is 0 Å². The number of halogens is 1. The van der Waals surface area contributed by atoms with Gasteiger partial charge >= 0.3 is 6.03 Å². The molecule has 2 N–H and O–H groups in total. The zero-order valence-corrected chi connectivity index (χ0v) is 15.2. The van der Waals surface area contributed by atoms with E-state index < -0.39 is 12.1 Å². The Balaban J connectivity index is 1.39. The minimum atomic E-state index is -0.572. The minimum Gasteiger partial charge on any atom is -0.490 e. The molecule has 2 aromatic carbocycles. The highest BCUT2D eigenvalue weighted by Gasteiger charge is 2.38. The Morgan fingerprint density at radius 2 is 1.85 bits per heavy atom. The lowest BCUT2D eigenvalue weighted by Crippen LogP contribution is -2.35. The number of aromatic nitrogens is 1. The first kappa shape index (κ1) is 17.4. The second-order valence-electron chi connectivity index (χ2n) is 6.33. The van der Waals surface area contributed by atoms with Crippen LogP contribution in [-0.2, 0) is 11.2 Å². The number of urea groups is 1.